The highest BCUT2D eigenvalue weighted by molar-refractivity contribution is 5.85. The van der Waals surface area contributed by atoms with Gasteiger partial charge in [-0.3, -0.25) is 0 Å². The number of nitrogens with zero attached hydrogens (tertiary/aromatic N) is 1. The Hall–Kier alpha value is -2.18. The molecule has 0 saturated heterocycles. The van der Waals surface area contributed by atoms with Gasteiger partial charge in [0.05, 0.1) is 24.8 Å². The van der Waals surface area contributed by atoms with Crippen LogP contribution in [-0.4, -0.2) is 7.11 Å². The van der Waals surface area contributed by atoms with Crippen molar-refractivity contribution in [2.75, 3.05) is 12.8 Å². The SMILES string of the molecule is COc1cc(C(C#N)c2ccccc2)ccc1N.Cl. The standard InChI is InChI=1S/C15H14N2O.ClH/c1-18-15-9-12(7-8-14(15)17)13(10-16)11-5-3-2-4-6-11;/h2-9,13H,17H2,1H3;1H. The molecule has 0 saturated carbocycles. The van der Waals surface area contributed by atoms with Crippen LogP contribution in [-0.2, 0) is 0 Å². The first kappa shape index (κ1) is 14.9. The molecule has 0 spiro atoms. The molecule has 0 heterocycles. The highest BCUT2D eigenvalue weighted by atomic mass is 35.5. The summed E-state index contributed by atoms with van der Waals surface area (Å²) in [5.74, 6) is 0.296. The summed E-state index contributed by atoms with van der Waals surface area (Å²) in [6.45, 7) is 0. The summed E-state index contributed by atoms with van der Waals surface area (Å²) >= 11 is 0. The minimum absolute atomic E-state index is 0. The fourth-order valence-electron chi connectivity index (χ4n) is 1.89. The summed E-state index contributed by atoms with van der Waals surface area (Å²) in [7, 11) is 1.57. The zero-order chi connectivity index (χ0) is 13.0. The van der Waals surface area contributed by atoms with Crippen molar-refractivity contribution in [3.63, 3.8) is 0 Å². The van der Waals surface area contributed by atoms with Crippen molar-refractivity contribution in [1.82, 2.24) is 0 Å². The maximum Gasteiger partial charge on any atom is 0.142 e. The Balaban J connectivity index is 0.00000180. The maximum atomic E-state index is 9.34. The van der Waals surface area contributed by atoms with Crippen LogP contribution in [0.3, 0.4) is 0 Å². The predicted molar refractivity (Wildman–Crippen MR) is 78.6 cm³/mol. The molecule has 98 valence electrons. The minimum atomic E-state index is -0.305. The van der Waals surface area contributed by atoms with E-state index in [-0.39, 0.29) is 18.3 Å². The van der Waals surface area contributed by atoms with Crippen molar-refractivity contribution >= 4 is 18.1 Å². The number of hydrogen-bond donors (Lipinski definition) is 1. The van der Waals surface area contributed by atoms with Crippen LogP contribution in [0.2, 0.25) is 0 Å². The van der Waals surface area contributed by atoms with Gasteiger partial charge in [0.1, 0.15) is 5.75 Å². The van der Waals surface area contributed by atoms with Crippen molar-refractivity contribution in [2.45, 2.75) is 5.92 Å². The third-order valence-corrected chi connectivity index (χ3v) is 2.85. The predicted octanol–water partition coefficient (Wildman–Crippen LogP) is 3.35. The van der Waals surface area contributed by atoms with E-state index in [1.165, 1.54) is 0 Å². The number of rotatable bonds is 3. The number of nitrogens with two attached hydrogens (primary N) is 1. The lowest BCUT2D eigenvalue weighted by molar-refractivity contribution is 0.416. The molecular weight excluding hydrogens is 260 g/mol. The molecule has 3 nitrogen and oxygen atoms in total. The number of anilines is 1. The lowest BCUT2D eigenvalue weighted by Gasteiger charge is -2.12. The van der Waals surface area contributed by atoms with E-state index in [1.807, 2.05) is 42.5 Å². The zero-order valence-electron chi connectivity index (χ0n) is 10.5. The van der Waals surface area contributed by atoms with Gasteiger partial charge in [0.2, 0.25) is 0 Å². The van der Waals surface area contributed by atoms with Gasteiger partial charge < -0.3 is 10.5 Å². The Morgan fingerprint density at radius 2 is 1.79 bits per heavy atom. The second-order valence-electron chi connectivity index (χ2n) is 3.97. The van der Waals surface area contributed by atoms with Crippen LogP contribution in [0, 0.1) is 11.3 Å². The van der Waals surface area contributed by atoms with Gasteiger partial charge in [0.15, 0.2) is 0 Å². The van der Waals surface area contributed by atoms with Gasteiger partial charge in [-0.25, -0.2) is 0 Å². The average molecular weight is 275 g/mol. The topological polar surface area (TPSA) is 59.0 Å². The van der Waals surface area contributed by atoms with Gasteiger partial charge >= 0.3 is 0 Å². The van der Waals surface area contributed by atoms with E-state index in [1.54, 1.807) is 13.2 Å². The molecular formula is C15H15ClN2O. The number of benzene rings is 2. The second kappa shape index (κ2) is 6.67. The number of halogens is 1. The molecule has 0 amide bonds. The number of hydrogen-bond acceptors (Lipinski definition) is 3. The van der Waals surface area contributed by atoms with Crippen molar-refractivity contribution in [3.05, 3.63) is 59.7 Å². The van der Waals surface area contributed by atoms with Crippen LogP contribution in [0.4, 0.5) is 5.69 Å². The van der Waals surface area contributed by atoms with Crippen LogP contribution < -0.4 is 10.5 Å². The van der Waals surface area contributed by atoms with Gasteiger partial charge in [-0.05, 0) is 23.3 Å². The van der Waals surface area contributed by atoms with E-state index >= 15 is 0 Å². The summed E-state index contributed by atoms with van der Waals surface area (Å²) in [4.78, 5) is 0. The molecule has 1 unspecified atom stereocenters. The quantitative estimate of drug-likeness (QED) is 0.873. The molecule has 0 aliphatic rings. The van der Waals surface area contributed by atoms with Crippen molar-refractivity contribution in [2.24, 2.45) is 0 Å². The minimum Gasteiger partial charge on any atom is -0.495 e. The summed E-state index contributed by atoms with van der Waals surface area (Å²) in [6, 6.07) is 17.4. The Bertz CT molecular complexity index is 578. The third kappa shape index (κ3) is 3.18. The van der Waals surface area contributed by atoms with Crippen LogP contribution in [0.1, 0.15) is 17.0 Å². The lowest BCUT2D eigenvalue weighted by Crippen LogP contribution is -2.00. The maximum absolute atomic E-state index is 9.34. The molecule has 2 rings (SSSR count). The van der Waals surface area contributed by atoms with Crippen molar-refractivity contribution in [3.8, 4) is 11.8 Å². The summed E-state index contributed by atoms with van der Waals surface area (Å²) in [5.41, 5.74) is 8.20. The Kier molecular flexibility index (Phi) is 5.23. The Morgan fingerprint density at radius 3 is 2.37 bits per heavy atom. The van der Waals surface area contributed by atoms with Gasteiger partial charge in [-0.2, -0.15) is 5.26 Å². The van der Waals surface area contributed by atoms with Gasteiger partial charge in [0.25, 0.3) is 0 Å². The first-order valence-corrected chi connectivity index (χ1v) is 5.64. The molecule has 0 fully saturated rings. The van der Waals surface area contributed by atoms with E-state index in [0.29, 0.717) is 11.4 Å². The van der Waals surface area contributed by atoms with E-state index in [4.69, 9.17) is 10.5 Å². The third-order valence-electron chi connectivity index (χ3n) is 2.85. The van der Waals surface area contributed by atoms with E-state index in [0.717, 1.165) is 11.1 Å². The van der Waals surface area contributed by atoms with Gasteiger partial charge in [-0.15, -0.1) is 12.4 Å². The van der Waals surface area contributed by atoms with Crippen LogP contribution in [0.5, 0.6) is 5.75 Å². The molecule has 4 heteroatoms. The smallest absolute Gasteiger partial charge is 0.142 e. The Labute approximate surface area is 119 Å². The average Bonchev–Trinajstić information content (AvgIpc) is 2.42. The van der Waals surface area contributed by atoms with Crippen LogP contribution >= 0.6 is 12.4 Å². The van der Waals surface area contributed by atoms with E-state index in [9.17, 15) is 5.26 Å². The van der Waals surface area contributed by atoms with Crippen LogP contribution in [0.25, 0.3) is 0 Å². The van der Waals surface area contributed by atoms with E-state index in [2.05, 4.69) is 6.07 Å². The molecule has 19 heavy (non-hydrogen) atoms. The monoisotopic (exact) mass is 274 g/mol. The molecule has 2 N–H and O–H groups in total. The highest BCUT2D eigenvalue weighted by Gasteiger charge is 2.14. The largest absolute Gasteiger partial charge is 0.495 e. The fourth-order valence-corrected chi connectivity index (χ4v) is 1.89. The zero-order valence-corrected chi connectivity index (χ0v) is 11.4. The Morgan fingerprint density at radius 1 is 1.11 bits per heavy atom. The summed E-state index contributed by atoms with van der Waals surface area (Å²) < 4.78 is 5.18. The molecule has 0 aromatic heterocycles. The second-order valence-corrected chi connectivity index (χ2v) is 3.97. The first-order chi connectivity index (χ1) is 8.76. The highest BCUT2D eigenvalue weighted by Crippen LogP contribution is 2.30. The molecule has 2 aromatic carbocycles. The van der Waals surface area contributed by atoms with Crippen molar-refractivity contribution in [1.29, 1.82) is 5.26 Å². The first-order valence-electron chi connectivity index (χ1n) is 5.64. The molecule has 1 atom stereocenters. The number of ether oxygens (including phenoxy) is 1. The van der Waals surface area contributed by atoms with E-state index < -0.39 is 0 Å². The number of methoxy groups -OCH3 is 1. The molecule has 0 aliphatic carbocycles. The van der Waals surface area contributed by atoms with Crippen molar-refractivity contribution < 1.29 is 4.74 Å². The fraction of sp³-hybridized carbons (Fsp3) is 0.133. The normalized spacial score (nSPS) is 10.9. The summed E-state index contributed by atoms with van der Waals surface area (Å²) in [5, 5.41) is 9.34. The molecule has 0 aliphatic heterocycles. The lowest BCUT2D eigenvalue weighted by atomic mass is 9.92. The molecule has 2 aromatic rings. The molecule has 0 radical (unpaired) electrons. The van der Waals surface area contributed by atoms with Gasteiger partial charge in [0, 0.05) is 0 Å². The van der Waals surface area contributed by atoms with Gasteiger partial charge in [-0.1, -0.05) is 36.4 Å². The number of nitrogen functional groups attached to an aromatic ring is 1. The van der Waals surface area contributed by atoms with Crippen LogP contribution in [0.15, 0.2) is 48.5 Å². The number of nitriles is 1. The molecule has 0 bridgehead atoms. The summed E-state index contributed by atoms with van der Waals surface area (Å²) in [6.07, 6.45) is 0.